The second-order valence-corrected chi connectivity index (χ2v) is 8.79. The fourth-order valence-electron chi connectivity index (χ4n) is 4.71. The zero-order chi connectivity index (χ0) is 24.5. The van der Waals surface area contributed by atoms with Crippen LogP contribution < -0.4 is 4.74 Å². The van der Waals surface area contributed by atoms with E-state index in [1.165, 1.54) is 6.08 Å². The lowest BCUT2D eigenvalue weighted by Crippen LogP contribution is -2.27. The Morgan fingerprint density at radius 1 is 1.23 bits per heavy atom. The van der Waals surface area contributed by atoms with E-state index in [2.05, 4.69) is 11.6 Å². The van der Waals surface area contributed by atoms with Crippen LogP contribution in [0.25, 0.3) is 22.2 Å². The van der Waals surface area contributed by atoms with Crippen LogP contribution in [0, 0.1) is 12.7 Å². The third kappa shape index (κ3) is 4.18. The number of benzene rings is 2. The van der Waals surface area contributed by atoms with Gasteiger partial charge < -0.3 is 9.64 Å². The predicted octanol–water partition coefficient (Wildman–Crippen LogP) is 5.86. The van der Waals surface area contributed by atoms with E-state index in [-0.39, 0.29) is 23.5 Å². The maximum absolute atomic E-state index is 14.6. The van der Waals surface area contributed by atoms with Crippen molar-refractivity contribution < 1.29 is 13.9 Å². The molecule has 2 aromatic carbocycles. The molecule has 178 valence electrons. The van der Waals surface area contributed by atoms with Crippen LogP contribution in [0.5, 0.6) is 11.5 Å². The highest BCUT2D eigenvalue weighted by Gasteiger charge is 2.29. The molecule has 5 rings (SSSR count). The van der Waals surface area contributed by atoms with Crippen LogP contribution in [0.1, 0.15) is 30.5 Å². The molecule has 7 heteroatoms. The number of nitrogens with zero attached hydrogens (tertiary/aromatic N) is 4. The van der Waals surface area contributed by atoms with E-state index in [0.717, 1.165) is 34.1 Å². The zero-order valence-electron chi connectivity index (χ0n) is 19.9. The Morgan fingerprint density at radius 3 is 2.77 bits per heavy atom. The topological polar surface area (TPSA) is 60.2 Å². The minimum absolute atomic E-state index is 0.0564. The van der Waals surface area contributed by atoms with Crippen molar-refractivity contribution in [1.29, 1.82) is 0 Å². The molecule has 1 fully saturated rings. The summed E-state index contributed by atoms with van der Waals surface area (Å²) >= 11 is 0. The predicted molar refractivity (Wildman–Crippen MR) is 134 cm³/mol. The number of pyridine rings is 1. The standard InChI is InChI=1S/C28H27FN4O2/c1-4-19-7-6-8-24(26(19)29)35-22-11-9-20(10-12-22)27-23-16-30-15-18(3)28(23)33(31-27)21-13-14-32(17-21)25(34)5-2/h5-12,15-16,21H,2,4,13-14,17H2,1,3H3/t21-/m1/s1. The summed E-state index contributed by atoms with van der Waals surface area (Å²) in [4.78, 5) is 18.3. The van der Waals surface area contributed by atoms with Crippen LogP contribution in [0.2, 0.25) is 0 Å². The highest BCUT2D eigenvalue weighted by molar-refractivity contribution is 5.94. The number of hydrogen-bond acceptors (Lipinski definition) is 4. The van der Waals surface area contributed by atoms with E-state index < -0.39 is 0 Å². The monoisotopic (exact) mass is 470 g/mol. The highest BCUT2D eigenvalue weighted by atomic mass is 19.1. The number of carbonyl (C=O) groups is 1. The molecule has 0 unspecified atom stereocenters. The van der Waals surface area contributed by atoms with Gasteiger partial charge in [0.1, 0.15) is 11.4 Å². The number of amides is 1. The van der Waals surface area contributed by atoms with Gasteiger partial charge in [-0.15, -0.1) is 0 Å². The molecule has 1 atom stereocenters. The number of halogens is 1. The van der Waals surface area contributed by atoms with E-state index in [4.69, 9.17) is 9.84 Å². The minimum Gasteiger partial charge on any atom is -0.454 e. The molecular formula is C28H27FN4O2. The van der Waals surface area contributed by atoms with Crippen LogP contribution >= 0.6 is 0 Å². The van der Waals surface area contributed by atoms with E-state index in [9.17, 15) is 9.18 Å². The summed E-state index contributed by atoms with van der Waals surface area (Å²) in [5, 5.41) is 5.94. The molecule has 2 aromatic heterocycles. The van der Waals surface area contributed by atoms with Crippen LogP contribution in [-0.4, -0.2) is 38.7 Å². The Labute approximate surface area is 203 Å². The number of likely N-dealkylation sites (tertiary alicyclic amines) is 1. The summed E-state index contributed by atoms with van der Waals surface area (Å²) in [6.45, 7) is 8.82. The normalized spacial score (nSPS) is 15.5. The van der Waals surface area contributed by atoms with E-state index >= 15 is 0 Å². The Bertz CT molecular complexity index is 1410. The van der Waals surface area contributed by atoms with E-state index in [0.29, 0.717) is 30.8 Å². The molecule has 1 saturated heterocycles. The minimum atomic E-state index is -0.328. The number of hydrogen-bond donors (Lipinski definition) is 0. The molecule has 4 aromatic rings. The van der Waals surface area contributed by atoms with Crippen molar-refractivity contribution >= 4 is 16.8 Å². The maximum Gasteiger partial charge on any atom is 0.246 e. The third-order valence-corrected chi connectivity index (χ3v) is 6.57. The van der Waals surface area contributed by atoms with Gasteiger partial charge in [0.2, 0.25) is 5.91 Å². The number of aryl methyl sites for hydroxylation is 2. The fraction of sp³-hybridized carbons (Fsp3) is 0.250. The molecule has 3 heterocycles. The number of ether oxygens (including phenoxy) is 1. The van der Waals surface area contributed by atoms with Gasteiger partial charge in [-0.1, -0.05) is 25.6 Å². The van der Waals surface area contributed by atoms with Crippen molar-refractivity contribution in [3.05, 3.63) is 84.5 Å². The number of fused-ring (bicyclic) bond motifs is 1. The molecule has 0 N–H and O–H groups in total. The molecule has 0 radical (unpaired) electrons. The lowest BCUT2D eigenvalue weighted by atomic mass is 10.1. The summed E-state index contributed by atoms with van der Waals surface area (Å²) < 4.78 is 22.4. The molecule has 0 saturated carbocycles. The summed E-state index contributed by atoms with van der Waals surface area (Å²) in [7, 11) is 0. The lowest BCUT2D eigenvalue weighted by Gasteiger charge is -2.15. The Morgan fingerprint density at radius 2 is 2.03 bits per heavy atom. The van der Waals surface area contributed by atoms with Gasteiger partial charge in [0.25, 0.3) is 0 Å². The molecule has 0 aliphatic carbocycles. The van der Waals surface area contributed by atoms with Crippen LogP contribution in [0.3, 0.4) is 0 Å². The van der Waals surface area contributed by atoms with Crippen LogP contribution in [-0.2, 0) is 11.2 Å². The number of carbonyl (C=O) groups excluding carboxylic acids is 1. The van der Waals surface area contributed by atoms with Crippen molar-refractivity contribution in [2.45, 2.75) is 32.7 Å². The van der Waals surface area contributed by atoms with Crippen molar-refractivity contribution in [2.24, 2.45) is 0 Å². The first-order valence-corrected chi connectivity index (χ1v) is 11.8. The van der Waals surface area contributed by atoms with Crippen LogP contribution in [0.15, 0.2) is 67.5 Å². The van der Waals surface area contributed by atoms with Crippen molar-refractivity contribution in [3.8, 4) is 22.8 Å². The first-order chi connectivity index (χ1) is 17.0. The van der Waals surface area contributed by atoms with Gasteiger partial charge in [-0.3, -0.25) is 14.5 Å². The first kappa shape index (κ1) is 22.8. The number of rotatable bonds is 6. The van der Waals surface area contributed by atoms with Crippen molar-refractivity contribution in [3.63, 3.8) is 0 Å². The molecule has 0 bridgehead atoms. The summed E-state index contributed by atoms with van der Waals surface area (Å²) in [6, 6.07) is 12.8. The summed E-state index contributed by atoms with van der Waals surface area (Å²) in [5.74, 6) is 0.379. The van der Waals surface area contributed by atoms with E-state index in [1.54, 1.807) is 23.1 Å². The number of aromatic nitrogens is 3. The van der Waals surface area contributed by atoms with Crippen LogP contribution in [0.4, 0.5) is 4.39 Å². The molecule has 1 amide bonds. The third-order valence-electron chi connectivity index (χ3n) is 6.57. The average Bonchev–Trinajstić information content (AvgIpc) is 3.51. The Hall–Kier alpha value is -4.00. The lowest BCUT2D eigenvalue weighted by molar-refractivity contribution is -0.125. The fourth-order valence-corrected chi connectivity index (χ4v) is 4.71. The van der Waals surface area contributed by atoms with Gasteiger partial charge in [0.15, 0.2) is 11.6 Å². The second kappa shape index (κ2) is 9.33. The molecule has 0 spiro atoms. The van der Waals surface area contributed by atoms with Gasteiger partial charge in [0, 0.05) is 36.4 Å². The smallest absolute Gasteiger partial charge is 0.246 e. The Balaban J connectivity index is 1.47. The SMILES string of the molecule is C=CC(=O)N1CC[C@@H](n2nc(-c3ccc(Oc4cccc(CC)c4F)cc3)c3cncc(C)c32)C1. The van der Waals surface area contributed by atoms with Gasteiger partial charge in [-0.2, -0.15) is 5.10 Å². The molecule has 6 nitrogen and oxygen atoms in total. The van der Waals surface area contributed by atoms with Gasteiger partial charge in [-0.05, 0) is 67.3 Å². The molecule has 1 aliphatic heterocycles. The van der Waals surface area contributed by atoms with Crippen molar-refractivity contribution in [1.82, 2.24) is 19.7 Å². The quantitative estimate of drug-likeness (QED) is 0.331. The molecular weight excluding hydrogens is 443 g/mol. The maximum atomic E-state index is 14.6. The van der Waals surface area contributed by atoms with Gasteiger partial charge in [-0.25, -0.2) is 4.39 Å². The average molecular weight is 471 g/mol. The van der Waals surface area contributed by atoms with E-state index in [1.807, 2.05) is 55.2 Å². The summed E-state index contributed by atoms with van der Waals surface area (Å²) in [5.41, 5.74) is 4.40. The first-order valence-electron chi connectivity index (χ1n) is 11.8. The van der Waals surface area contributed by atoms with Gasteiger partial charge >= 0.3 is 0 Å². The Kier molecular flexibility index (Phi) is 6.07. The largest absolute Gasteiger partial charge is 0.454 e. The second-order valence-electron chi connectivity index (χ2n) is 8.79. The highest BCUT2D eigenvalue weighted by Crippen LogP contribution is 2.35. The summed E-state index contributed by atoms with van der Waals surface area (Å²) in [6.07, 6.45) is 6.46. The molecule has 1 aliphatic rings. The van der Waals surface area contributed by atoms with Crippen molar-refractivity contribution in [2.75, 3.05) is 13.1 Å². The molecule has 35 heavy (non-hydrogen) atoms. The zero-order valence-corrected chi connectivity index (χ0v) is 19.9. The van der Waals surface area contributed by atoms with Gasteiger partial charge in [0.05, 0.1) is 11.6 Å².